The van der Waals surface area contributed by atoms with Gasteiger partial charge in [0.25, 0.3) is 5.56 Å². The molecule has 1 saturated heterocycles. The van der Waals surface area contributed by atoms with E-state index in [1.54, 1.807) is 4.57 Å². The Balaban J connectivity index is 1.46. The Morgan fingerprint density at radius 2 is 1.61 bits per heavy atom. The molecule has 0 N–H and O–H groups in total. The average molecular weight is 441 g/mol. The van der Waals surface area contributed by atoms with Crippen LogP contribution in [0.15, 0.2) is 78.0 Å². The fourth-order valence-corrected chi connectivity index (χ4v) is 4.19. The van der Waals surface area contributed by atoms with Crippen LogP contribution in [0.2, 0.25) is 0 Å². The molecule has 0 radical (unpaired) electrons. The predicted octanol–water partition coefficient (Wildman–Crippen LogP) is 3.59. The minimum atomic E-state index is -0.587. The maximum atomic E-state index is 13.6. The third-order valence-electron chi connectivity index (χ3n) is 6.77. The first-order chi connectivity index (χ1) is 15.7. The molecule has 0 unspecified atom stereocenters. The summed E-state index contributed by atoms with van der Waals surface area (Å²) in [6, 6.07) is 18.0. The Morgan fingerprint density at radius 1 is 0.879 bits per heavy atom. The topological polar surface area (TPSA) is 58.3 Å². The van der Waals surface area contributed by atoms with Crippen LogP contribution < -0.4 is 11.0 Å². The van der Waals surface area contributed by atoms with Gasteiger partial charge in [-0.05, 0) is 50.2 Å². The second-order valence-electron chi connectivity index (χ2n) is 9.68. The number of hydrogen-bond acceptors (Lipinski definition) is 4. The highest BCUT2D eigenvalue weighted by atomic mass is 16.7. The zero-order valence-electron chi connectivity index (χ0n) is 19.5. The zero-order chi connectivity index (χ0) is 23.2. The molecule has 1 aliphatic heterocycles. The van der Waals surface area contributed by atoms with Crippen molar-refractivity contribution < 1.29 is 9.31 Å². The lowest BCUT2D eigenvalue weighted by Gasteiger charge is -2.32. The van der Waals surface area contributed by atoms with Crippen LogP contribution in [0.3, 0.4) is 0 Å². The van der Waals surface area contributed by atoms with Crippen molar-refractivity contribution in [1.29, 1.82) is 0 Å². The minimum absolute atomic E-state index is 0.0615. The molecule has 2 aromatic carbocycles. The Bertz CT molecular complexity index is 1340. The second-order valence-corrected chi connectivity index (χ2v) is 9.68. The molecule has 7 heteroatoms. The molecule has 1 aliphatic rings. The maximum Gasteiger partial charge on any atom is 0.495 e. The number of benzene rings is 2. The van der Waals surface area contributed by atoms with Crippen LogP contribution in [-0.2, 0) is 22.4 Å². The van der Waals surface area contributed by atoms with Crippen LogP contribution in [-0.4, -0.2) is 32.7 Å². The number of nitrogens with zero attached hydrogens (tertiary/aromatic N) is 3. The first kappa shape index (κ1) is 21.7. The first-order valence-corrected chi connectivity index (χ1v) is 11.3. The normalized spacial score (nSPS) is 17.0. The summed E-state index contributed by atoms with van der Waals surface area (Å²) in [4.78, 5) is 13.6. The molecule has 0 spiro atoms. The zero-order valence-corrected chi connectivity index (χ0v) is 19.5. The molecule has 0 amide bonds. The molecule has 2 aromatic heterocycles. The van der Waals surface area contributed by atoms with Crippen molar-refractivity contribution in [2.45, 2.75) is 52.0 Å². The number of hydrogen-bond donors (Lipinski definition) is 0. The van der Waals surface area contributed by atoms with Gasteiger partial charge in [-0.1, -0.05) is 48.5 Å². The fourth-order valence-electron chi connectivity index (χ4n) is 4.19. The predicted molar refractivity (Wildman–Crippen MR) is 131 cm³/mol. The van der Waals surface area contributed by atoms with Crippen molar-refractivity contribution in [3.8, 4) is 0 Å². The molecule has 5 rings (SSSR count). The standard InChI is InChI=1S/C26H28BN3O3/c1-25(2)26(3,4)33-27(32-25)22-12-8-11-21-13-14-29(24(31)23(21)22)16-20-15-28-30(18-20)17-19-9-6-5-7-10-19/h5-15,18H,16-17H2,1-4H3. The smallest absolute Gasteiger partial charge is 0.399 e. The van der Waals surface area contributed by atoms with E-state index < -0.39 is 18.3 Å². The SMILES string of the molecule is CC1(C)OB(c2cccc3ccn(Cc4cnn(Cc5ccccc5)c4)c(=O)c23)OC1(C)C. The minimum Gasteiger partial charge on any atom is -0.399 e. The van der Waals surface area contributed by atoms with Crippen molar-refractivity contribution in [3.05, 3.63) is 94.7 Å². The summed E-state index contributed by atoms with van der Waals surface area (Å²) >= 11 is 0. The Morgan fingerprint density at radius 3 is 2.33 bits per heavy atom. The van der Waals surface area contributed by atoms with Gasteiger partial charge < -0.3 is 13.9 Å². The Labute approximate surface area is 193 Å². The lowest BCUT2D eigenvalue weighted by Crippen LogP contribution is -2.41. The van der Waals surface area contributed by atoms with E-state index in [2.05, 4.69) is 17.2 Å². The van der Waals surface area contributed by atoms with E-state index in [1.165, 1.54) is 5.56 Å². The quantitative estimate of drug-likeness (QED) is 0.444. The number of rotatable bonds is 5. The van der Waals surface area contributed by atoms with Gasteiger partial charge in [0.1, 0.15) is 0 Å². The van der Waals surface area contributed by atoms with Gasteiger partial charge in [0.15, 0.2) is 0 Å². The van der Waals surface area contributed by atoms with Crippen LogP contribution in [0.4, 0.5) is 0 Å². The van der Waals surface area contributed by atoms with Gasteiger partial charge in [-0.3, -0.25) is 9.48 Å². The molecule has 168 valence electrons. The van der Waals surface area contributed by atoms with Crippen molar-refractivity contribution in [1.82, 2.24) is 14.3 Å². The molecule has 1 fully saturated rings. The molecule has 0 aliphatic carbocycles. The third kappa shape index (κ3) is 4.03. The molecule has 0 atom stereocenters. The van der Waals surface area contributed by atoms with Gasteiger partial charge in [-0.15, -0.1) is 0 Å². The van der Waals surface area contributed by atoms with Gasteiger partial charge in [0.2, 0.25) is 0 Å². The summed E-state index contributed by atoms with van der Waals surface area (Å²) < 4.78 is 16.1. The third-order valence-corrected chi connectivity index (χ3v) is 6.77. The summed E-state index contributed by atoms with van der Waals surface area (Å²) in [6.45, 7) is 9.21. The first-order valence-electron chi connectivity index (χ1n) is 11.3. The molecule has 6 nitrogen and oxygen atoms in total. The van der Waals surface area contributed by atoms with E-state index in [0.29, 0.717) is 18.5 Å². The second kappa shape index (κ2) is 8.01. The van der Waals surface area contributed by atoms with Crippen molar-refractivity contribution in [3.63, 3.8) is 0 Å². The number of pyridine rings is 1. The summed E-state index contributed by atoms with van der Waals surface area (Å²) in [5.74, 6) is 0. The lowest BCUT2D eigenvalue weighted by atomic mass is 9.76. The average Bonchev–Trinajstić information content (AvgIpc) is 3.30. The summed E-state index contributed by atoms with van der Waals surface area (Å²) in [5, 5.41) is 5.99. The van der Waals surface area contributed by atoms with Crippen LogP contribution in [0.25, 0.3) is 10.8 Å². The highest BCUT2D eigenvalue weighted by molar-refractivity contribution is 6.65. The van der Waals surface area contributed by atoms with E-state index in [0.717, 1.165) is 16.4 Å². The highest BCUT2D eigenvalue weighted by Crippen LogP contribution is 2.36. The Hall–Kier alpha value is -3.16. The van der Waals surface area contributed by atoms with E-state index in [4.69, 9.17) is 9.31 Å². The van der Waals surface area contributed by atoms with E-state index in [-0.39, 0.29) is 5.56 Å². The van der Waals surface area contributed by atoms with Crippen LogP contribution in [0.1, 0.15) is 38.8 Å². The lowest BCUT2D eigenvalue weighted by molar-refractivity contribution is 0.00578. The summed E-state index contributed by atoms with van der Waals surface area (Å²) in [7, 11) is -0.587. The molecule has 3 heterocycles. The molecule has 33 heavy (non-hydrogen) atoms. The molecule has 4 aromatic rings. The monoisotopic (exact) mass is 441 g/mol. The van der Waals surface area contributed by atoms with Crippen LogP contribution >= 0.6 is 0 Å². The largest absolute Gasteiger partial charge is 0.495 e. The summed E-state index contributed by atoms with van der Waals surface area (Å²) in [6.07, 6.45) is 5.65. The van der Waals surface area contributed by atoms with Crippen molar-refractivity contribution in [2.75, 3.05) is 0 Å². The maximum absolute atomic E-state index is 13.6. The van der Waals surface area contributed by atoms with Gasteiger partial charge in [0.05, 0.1) is 30.5 Å². The van der Waals surface area contributed by atoms with E-state index in [1.807, 2.05) is 93.4 Å². The van der Waals surface area contributed by atoms with E-state index >= 15 is 0 Å². The molecular weight excluding hydrogens is 413 g/mol. The molecular formula is C26H28BN3O3. The fraction of sp³-hybridized carbons (Fsp3) is 0.308. The van der Waals surface area contributed by atoms with Gasteiger partial charge in [-0.2, -0.15) is 5.10 Å². The molecule has 0 saturated carbocycles. The van der Waals surface area contributed by atoms with Crippen LogP contribution in [0, 0.1) is 0 Å². The van der Waals surface area contributed by atoms with Crippen LogP contribution in [0.5, 0.6) is 0 Å². The van der Waals surface area contributed by atoms with Crippen molar-refractivity contribution >= 4 is 23.4 Å². The van der Waals surface area contributed by atoms with Gasteiger partial charge >= 0.3 is 7.12 Å². The Kier molecular flexibility index (Phi) is 5.26. The van der Waals surface area contributed by atoms with Gasteiger partial charge in [-0.25, -0.2) is 0 Å². The number of fused-ring (bicyclic) bond motifs is 1. The van der Waals surface area contributed by atoms with Crippen molar-refractivity contribution in [2.24, 2.45) is 0 Å². The van der Waals surface area contributed by atoms with E-state index in [9.17, 15) is 4.79 Å². The molecule has 0 bridgehead atoms. The van der Waals surface area contributed by atoms with Gasteiger partial charge in [0, 0.05) is 23.3 Å². The summed E-state index contributed by atoms with van der Waals surface area (Å²) in [5.41, 5.74) is 1.92. The highest BCUT2D eigenvalue weighted by Gasteiger charge is 2.52. The number of aromatic nitrogens is 3.